The van der Waals surface area contributed by atoms with Crippen LogP contribution in [0, 0.1) is 5.92 Å². The van der Waals surface area contributed by atoms with Crippen LogP contribution in [0.1, 0.15) is 32.3 Å². The standard InChI is InChI=1S/C18H25N3O4/c1-3-12(2)15(11-22)19-16(23)9-14-17(24)21(18(25)20-14)10-13-7-5-4-6-8-13/h4-8,12,14-15,22H,3,9-11H2,1-2H3,(H,19,23)(H,20,25)/t12-,14+,15+/m0/s1. The second-order valence-electron chi connectivity index (χ2n) is 6.36. The topological polar surface area (TPSA) is 98.7 Å². The van der Waals surface area contributed by atoms with E-state index in [2.05, 4.69) is 10.6 Å². The largest absolute Gasteiger partial charge is 0.394 e. The lowest BCUT2D eigenvalue weighted by atomic mass is 9.99. The third-order valence-electron chi connectivity index (χ3n) is 4.55. The third kappa shape index (κ3) is 4.79. The van der Waals surface area contributed by atoms with Crippen LogP contribution in [-0.2, 0) is 16.1 Å². The lowest BCUT2D eigenvalue weighted by molar-refractivity contribution is -0.131. The van der Waals surface area contributed by atoms with E-state index in [9.17, 15) is 19.5 Å². The van der Waals surface area contributed by atoms with Crippen molar-refractivity contribution >= 4 is 17.8 Å². The number of hydrogen-bond donors (Lipinski definition) is 3. The van der Waals surface area contributed by atoms with E-state index in [0.717, 1.165) is 16.9 Å². The van der Waals surface area contributed by atoms with Crippen LogP contribution in [0.5, 0.6) is 0 Å². The smallest absolute Gasteiger partial charge is 0.325 e. The minimum absolute atomic E-state index is 0.123. The molecule has 1 fully saturated rings. The van der Waals surface area contributed by atoms with Gasteiger partial charge >= 0.3 is 6.03 Å². The molecule has 0 saturated carbocycles. The summed E-state index contributed by atoms with van der Waals surface area (Å²) in [6.45, 7) is 3.93. The second kappa shape index (κ2) is 8.62. The van der Waals surface area contributed by atoms with Gasteiger partial charge in [-0.1, -0.05) is 50.6 Å². The van der Waals surface area contributed by atoms with Crippen LogP contribution < -0.4 is 10.6 Å². The summed E-state index contributed by atoms with van der Waals surface area (Å²) in [7, 11) is 0. The number of imide groups is 1. The molecule has 0 aromatic heterocycles. The highest BCUT2D eigenvalue weighted by Crippen LogP contribution is 2.14. The highest BCUT2D eigenvalue weighted by atomic mass is 16.3. The molecule has 1 saturated heterocycles. The average Bonchev–Trinajstić information content (AvgIpc) is 2.87. The number of benzene rings is 1. The molecular weight excluding hydrogens is 322 g/mol. The Hall–Kier alpha value is -2.41. The third-order valence-corrected chi connectivity index (χ3v) is 4.55. The van der Waals surface area contributed by atoms with Crippen molar-refractivity contribution in [1.29, 1.82) is 0 Å². The summed E-state index contributed by atoms with van der Waals surface area (Å²) < 4.78 is 0. The lowest BCUT2D eigenvalue weighted by Gasteiger charge is -2.22. The van der Waals surface area contributed by atoms with Crippen molar-refractivity contribution < 1.29 is 19.5 Å². The molecular formula is C18H25N3O4. The number of aliphatic hydroxyl groups excluding tert-OH is 1. The molecule has 0 spiro atoms. The molecule has 25 heavy (non-hydrogen) atoms. The predicted octanol–water partition coefficient (Wildman–Crippen LogP) is 1.02. The molecule has 3 atom stereocenters. The van der Waals surface area contributed by atoms with Gasteiger partial charge in [-0.25, -0.2) is 4.79 Å². The van der Waals surface area contributed by atoms with E-state index in [1.54, 1.807) is 0 Å². The molecule has 1 aromatic rings. The first-order chi connectivity index (χ1) is 12.0. The van der Waals surface area contributed by atoms with Crippen molar-refractivity contribution in [3.8, 4) is 0 Å². The maximum absolute atomic E-state index is 12.4. The molecule has 7 heteroatoms. The molecule has 2 rings (SSSR count). The highest BCUT2D eigenvalue weighted by Gasteiger charge is 2.39. The van der Waals surface area contributed by atoms with E-state index in [0.29, 0.717) is 0 Å². The minimum atomic E-state index is -0.868. The molecule has 1 aromatic carbocycles. The average molecular weight is 347 g/mol. The fraction of sp³-hybridized carbons (Fsp3) is 0.500. The summed E-state index contributed by atoms with van der Waals surface area (Å²) >= 11 is 0. The van der Waals surface area contributed by atoms with Crippen LogP contribution in [0.15, 0.2) is 30.3 Å². The Morgan fingerprint density at radius 3 is 2.60 bits per heavy atom. The summed E-state index contributed by atoms with van der Waals surface area (Å²) in [6, 6.07) is 7.48. The molecule has 7 nitrogen and oxygen atoms in total. The lowest BCUT2D eigenvalue weighted by Crippen LogP contribution is -2.44. The molecule has 0 aliphatic carbocycles. The van der Waals surface area contributed by atoms with Gasteiger partial charge in [0.15, 0.2) is 0 Å². The zero-order valence-corrected chi connectivity index (χ0v) is 14.6. The Balaban J connectivity index is 1.94. The van der Waals surface area contributed by atoms with Crippen molar-refractivity contribution in [2.45, 2.75) is 45.3 Å². The van der Waals surface area contributed by atoms with Crippen molar-refractivity contribution in [2.75, 3.05) is 6.61 Å². The molecule has 0 radical (unpaired) electrons. The number of urea groups is 1. The van der Waals surface area contributed by atoms with Crippen LogP contribution >= 0.6 is 0 Å². The van der Waals surface area contributed by atoms with Gasteiger partial charge in [-0.15, -0.1) is 0 Å². The quantitative estimate of drug-likeness (QED) is 0.612. The molecule has 1 heterocycles. The summed E-state index contributed by atoms with van der Waals surface area (Å²) in [5.74, 6) is -0.648. The second-order valence-corrected chi connectivity index (χ2v) is 6.36. The van der Waals surface area contributed by atoms with Gasteiger partial charge in [-0.2, -0.15) is 0 Å². The van der Waals surface area contributed by atoms with Crippen molar-refractivity contribution in [3.05, 3.63) is 35.9 Å². The molecule has 136 valence electrons. The maximum atomic E-state index is 12.4. The minimum Gasteiger partial charge on any atom is -0.394 e. The maximum Gasteiger partial charge on any atom is 0.325 e. The van der Waals surface area contributed by atoms with Gasteiger partial charge < -0.3 is 15.7 Å². The molecule has 3 N–H and O–H groups in total. The number of amides is 4. The zero-order valence-electron chi connectivity index (χ0n) is 14.6. The first-order valence-electron chi connectivity index (χ1n) is 8.52. The number of nitrogens with zero attached hydrogens (tertiary/aromatic N) is 1. The van der Waals surface area contributed by atoms with E-state index in [-0.39, 0.29) is 37.4 Å². The fourth-order valence-corrected chi connectivity index (χ4v) is 2.73. The molecule has 0 bridgehead atoms. The van der Waals surface area contributed by atoms with Crippen LogP contribution in [0.25, 0.3) is 0 Å². The first-order valence-corrected chi connectivity index (χ1v) is 8.52. The van der Waals surface area contributed by atoms with Gasteiger partial charge in [0.1, 0.15) is 6.04 Å². The van der Waals surface area contributed by atoms with Gasteiger partial charge in [0.25, 0.3) is 5.91 Å². The monoisotopic (exact) mass is 347 g/mol. The molecule has 0 unspecified atom stereocenters. The van der Waals surface area contributed by atoms with Gasteiger partial charge in [0, 0.05) is 0 Å². The highest BCUT2D eigenvalue weighted by molar-refractivity contribution is 6.05. The normalized spacial score (nSPS) is 19.5. The van der Waals surface area contributed by atoms with E-state index in [1.807, 2.05) is 44.2 Å². The summed E-state index contributed by atoms with van der Waals surface area (Å²) in [5.41, 5.74) is 0.841. The van der Waals surface area contributed by atoms with Gasteiger partial charge in [0.2, 0.25) is 5.91 Å². The van der Waals surface area contributed by atoms with Gasteiger partial charge in [-0.05, 0) is 11.5 Å². The van der Waals surface area contributed by atoms with E-state index in [4.69, 9.17) is 0 Å². The van der Waals surface area contributed by atoms with Crippen LogP contribution in [0.4, 0.5) is 4.79 Å². The molecule has 4 amide bonds. The summed E-state index contributed by atoms with van der Waals surface area (Å²) in [6.07, 6.45) is 0.679. The number of carbonyl (C=O) groups is 3. The number of nitrogens with one attached hydrogen (secondary N) is 2. The Labute approximate surface area is 147 Å². The fourth-order valence-electron chi connectivity index (χ4n) is 2.73. The van der Waals surface area contributed by atoms with Crippen LogP contribution in [-0.4, -0.2) is 46.5 Å². The van der Waals surface area contributed by atoms with Gasteiger partial charge in [-0.3, -0.25) is 14.5 Å². The van der Waals surface area contributed by atoms with Crippen LogP contribution in [0.2, 0.25) is 0 Å². The first kappa shape index (κ1) is 18.9. The molecule has 1 aliphatic rings. The molecule has 1 aliphatic heterocycles. The Morgan fingerprint density at radius 2 is 2.00 bits per heavy atom. The summed E-state index contributed by atoms with van der Waals surface area (Å²) in [5, 5.41) is 14.7. The summed E-state index contributed by atoms with van der Waals surface area (Å²) in [4.78, 5) is 37.7. The van der Waals surface area contributed by atoms with Gasteiger partial charge in [0.05, 0.1) is 25.6 Å². The SMILES string of the molecule is CC[C@H](C)[C@@H](CO)NC(=O)C[C@H]1NC(=O)N(Cc2ccccc2)C1=O. The number of carbonyl (C=O) groups excluding carboxylic acids is 3. The van der Waals surface area contributed by atoms with E-state index >= 15 is 0 Å². The Bertz CT molecular complexity index is 620. The predicted molar refractivity (Wildman–Crippen MR) is 92.4 cm³/mol. The zero-order chi connectivity index (χ0) is 18.4. The number of rotatable bonds is 8. The van der Waals surface area contributed by atoms with Crippen molar-refractivity contribution in [3.63, 3.8) is 0 Å². The number of hydrogen-bond acceptors (Lipinski definition) is 4. The Kier molecular flexibility index (Phi) is 6.52. The van der Waals surface area contributed by atoms with Crippen molar-refractivity contribution in [1.82, 2.24) is 15.5 Å². The van der Waals surface area contributed by atoms with Crippen LogP contribution in [0.3, 0.4) is 0 Å². The van der Waals surface area contributed by atoms with E-state index in [1.165, 1.54) is 0 Å². The van der Waals surface area contributed by atoms with E-state index < -0.39 is 18.0 Å². The van der Waals surface area contributed by atoms with Crippen molar-refractivity contribution in [2.24, 2.45) is 5.92 Å². The number of aliphatic hydroxyl groups is 1. The Morgan fingerprint density at radius 1 is 1.32 bits per heavy atom.